The molecule has 0 saturated carbocycles. The van der Waals surface area contributed by atoms with Gasteiger partial charge in [-0.25, -0.2) is 0 Å². The Hall–Kier alpha value is -1.59. The summed E-state index contributed by atoms with van der Waals surface area (Å²) in [7, 11) is 0.0496. The van der Waals surface area contributed by atoms with Gasteiger partial charge in [-0.2, -0.15) is 0 Å². The number of carbonyl (C=O) groups excluding carboxylic acids is 3. The van der Waals surface area contributed by atoms with Crippen LogP contribution < -0.4 is 0 Å². The minimum absolute atomic E-state index is 0.0771. The lowest BCUT2D eigenvalue weighted by molar-refractivity contribution is -0.147. The van der Waals surface area contributed by atoms with E-state index >= 15 is 0 Å². The molecule has 0 fully saturated rings. The lowest BCUT2D eigenvalue weighted by Gasteiger charge is -2.27. The molecule has 0 spiro atoms. The molecule has 0 N–H and O–H groups in total. The fraction of sp³-hybridized carbons (Fsp3) is 0.762. The second kappa shape index (κ2) is 18.0. The number of allylic oxidation sites excluding steroid dienone is 2. The molecule has 0 rings (SSSR count). The van der Waals surface area contributed by atoms with Crippen LogP contribution in [-0.4, -0.2) is 73.6 Å². The lowest BCUT2D eigenvalue weighted by Crippen LogP contribution is -2.43. The number of Topliss-reactive ketones (excluding diaryl/α,β-unsaturated/α-hetero) is 1. The van der Waals surface area contributed by atoms with Crippen molar-refractivity contribution in [1.82, 2.24) is 0 Å². The molecule has 0 amide bonds. The molecule has 0 aromatic carbocycles. The van der Waals surface area contributed by atoms with E-state index in [1.165, 1.54) is 27.2 Å². The van der Waals surface area contributed by atoms with Crippen LogP contribution >= 0.6 is 0 Å². The summed E-state index contributed by atoms with van der Waals surface area (Å²) in [6.07, 6.45) is 4.15. The summed E-state index contributed by atoms with van der Waals surface area (Å²) in [5.41, 5.74) is 0. The number of hydrogen-bond donors (Lipinski definition) is 0. The van der Waals surface area contributed by atoms with Gasteiger partial charge in [-0.15, -0.1) is 0 Å². The summed E-state index contributed by atoms with van der Waals surface area (Å²) in [5, 5.41) is 0. The molecule has 0 aliphatic carbocycles. The van der Waals surface area contributed by atoms with Crippen molar-refractivity contribution >= 4 is 26.3 Å². The third-order valence-electron chi connectivity index (χ3n) is 4.09. The standard InChI is InChI=1S/C21H38O9Si/c1-6-7-10-27-12-9-20(23)17-19(3)30-31(25-4,26-5)15-8-11-28-13-14-29-21(24)16-18(2)22/h17H,6-16H2,1-5H3. The van der Waals surface area contributed by atoms with Gasteiger partial charge in [0.2, 0.25) is 0 Å². The van der Waals surface area contributed by atoms with Gasteiger partial charge < -0.3 is 27.5 Å². The van der Waals surface area contributed by atoms with Crippen molar-refractivity contribution < 1.29 is 41.9 Å². The molecule has 0 radical (unpaired) electrons. The van der Waals surface area contributed by atoms with Gasteiger partial charge in [-0.1, -0.05) is 13.3 Å². The minimum atomic E-state index is -2.98. The summed E-state index contributed by atoms with van der Waals surface area (Å²) in [4.78, 5) is 34.1. The highest BCUT2D eigenvalue weighted by Crippen LogP contribution is 2.20. The second-order valence-corrected chi connectivity index (χ2v) is 9.83. The number of unbranched alkanes of at least 4 members (excludes halogenated alkanes) is 1. The van der Waals surface area contributed by atoms with Gasteiger partial charge in [-0.3, -0.25) is 14.4 Å². The highest BCUT2D eigenvalue weighted by molar-refractivity contribution is 6.60. The predicted octanol–water partition coefficient (Wildman–Crippen LogP) is 2.84. The van der Waals surface area contributed by atoms with Gasteiger partial charge in [0.1, 0.15) is 18.8 Å². The Bertz CT molecular complexity index is 559. The Morgan fingerprint density at radius 1 is 0.871 bits per heavy atom. The average molecular weight is 463 g/mol. The Labute approximate surface area is 186 Å². The molecule has 10 heteroatoms. The van der Waals surface area contributed by atoms with Crippen molar-refractivity contribution in [3.8, 4) is 0 Å². The van der Waals surface area contributed by atoms with E-state index in [1.54, 1.807) is 6.92 Å². The Morgan fingerprint density at radius 3 is 2.13 bits per heavy atom. The molecule has 0 atom stereocenters. The number of rotatable bonds is 20. The van der Waals surface area contributed by atoms with Gasteiger partial charge in [0, 0.05) is 46.0 Å². The van der Waals surface area contributed by atoms with Crippen molar-refractivity contribution in [1.29, 1.82) is 0 Å². The van der Waals surface area contributed by atoms with E-state index in [9.17, 15) is 14.4 Å². The number of ketones is 2. The maximum absolute atomic E-state index is 12.0. The normalized spacial score (nSPS) is 12.0. The van der Waals surface area contributed by atoms with Crippen LogP contribution in [0.4, 0.5) is 0 Å². The lowest BCUT2D eigenvalue weighted by atomic mass is 10.2. The van der Waals surface area contributed by atoms with Crippen LogP contribution in [0.5, 0.6) is 0 Å². The molecule has 0 unspecified atom stereocenters. The van der Waals surface area contributed by atoms with Crippen molar-refractivity contribution in [2.24, 2.45) is 0 Å². The maximum Gasteiger partial charge on any atom is 0.565 e. The smallest absolute Gasteiger partial charge is 0.505 e. The monoisotopic (exact) mass is 462 g/mol. The van der Waals surface area contributed by atoms with Crippen LogP contribution in [0.1, 0.15) is 52.9 Å². The van der Waals surface area contributed by atoms with E-state index in [4.69, 9.17) is 27.5 Å². The van der Waals surface area contributed by atoms with E-state index in [2.05, 4.69) is 6.92 Å². The molecular weight excluding hydrogens is 424 g/mol. The quantitative estimate of drug-likeness (QED) is 0.0674. The van der Waals surface area contributed by atoms with Crippen LogP contribution in [0.15, 0.2) is 11.8 Å². The van der Waals surface area contributed by atoms with Crippen LogP contribution in [0.2, 0.25) is 6.04 Å². The zero-order chi connectivity index (χ0) is 23.5. The topological polar surface area (TPSA) is 107 Å². The van der Waals surface area contributed by atoms with Crippen molar-refractivity contribution in [2.75, 3.05) is 47.3 Å². The summed E-state index contributed by atoms with van der Waals surface area (Å²) in [5.74, 6) is -0.435. The van der Waals surface area contributed by atoms with E-state index in [1.807, 2.05) is 0 Å². The molecule has 0 aromatic rings. The summed E-state index contributed by atoms with van der Waals surface area (Å²) < 4.78 is 32.6. The van der Waals surface area contributed by atoms with Gasteiger partial charge >= 0.3 is 14.8 Å². The molecule has 0 aromatic heterocycles. The van der Waals surface area contributed by atoms with Gasteiger partial charge in [0.05, 0.1) is 19.0 Å². The summed E-state index contributed by atoms with van der Waals surface area (Å²) >= 11 is 0. The van der Waals surface area contributed by atoms with E-state index in [0.717, 1.165) is 12.8 Å². The van der Waals surface area contributed by atoms with Gasteiger partial charge in [-0.05, 0) is 26.7 Å². The Morgan fingerprint density at radius 2 is 1.52 bits per heavy atom. The first-order valence-electron chi connectivity index (χ1n) is 10.6. The maximum atomic E-state index is 12.0. The third kappa shape index (κ3) is 15.8. The van der Waals surface area contributed by atoms with Gasteiger partial charge in [0.25, 0.3) is 0 Å². The molecular formula is C21H38O9Si. The first-order chi connectivity index (χ1) is 14.8. The molecule has 0 heterocycles. The number of ether oxygens (including phenoxy) is 3. The van der Waals surface area contributed by atoms with Crippen molar-refractivity contribution in [2.45, 2.75) is 58.9 Å². The molecule has 31 heavy (non-hydrogen) atoms. The fourth-order valence-corrected chi connectivity index (χ4v) is 4.45. The fourth-order valence-electron chi connectivity index (χ4n) is 2.48. The molecule has 0 saturated heterocycles. The molecule has 9 nitrogen and oxygen atoms in total. The Kier molecular flexibility index (Phi) is 17.1. The van der Waals surface area contributed by atoms with Gasteiger partial charge in [0.15, 0.2) is 5.78 Å². The number of hydrogen-bond acceptors (Lipinski definition) is 9. The predicted molar refractivity (Wildman–Crippen MR) is 116 cm³/mol. The first-order valence-corrected chi connectivity index (χ1v) is 12.5. The SMILES string of the molecule is CCCCOCCC(=O)C=C(C)O[Si](CCCOCCOC(=O)CC(C)=O)(OC)OC. The average Bonchev–Trinajstić information content (AvgIpc) is 2.71. The van der Waals surface area contributed by atoms with E-state index < -0.39 is 14.8 Å². The van der Waals surface area contributed by atoms with Crippen LogP contribution in [0.25, 0.3) is 0 Å². The Balaban J connectivity index is 4.25. The van der Waals surface area contributed by atoms with E-state index in [-0.39, 0.29) is 31.2 Å². The first kappa shape index (κ1) is 29.4. The van der Waals surface area contributed by atoms with Crippen LogP contribution in [-0.2, 0) is 41.9 Å². The zero-order valence-electron chi connectivity index (χ0n) is 19.5. The summed E-state index contributed by atoms with van der Waals surface area (Å²) in [6.45, 7) is 6.88. The third-order valence-corrected chi connectivity index (χ3v) is 6.94. The van der Waals surface area contributed by atoms with Crippen molar-refractivity contribution in [3.05, 3.63) is 11.8 Å². The zero-order valence-corrected chi connectivity index (χ0v) is 20.5. The minimum Gasteiger partial charge on any atom is -0.505 e. The number of carbonyl (C=O) groups is 3. The number of esters is 1. The largest absolute Gasteiger partial charge is 0.565 e. The second-order valence-electron chi connectivity index (χ2n) is 6.95. The summed E-state index contributed by atoms with van der Waals surface area (Å²) in [6, 6.07) is 0.490. The molecule has 180 valence electrons. The van der Waals surface area contributed by atoms with E-state index in [0.29, 0.717) is 44.5 Å². The van der Waals surface area contributed by atoms with Crippen LogP contribution in [0.3, 0.4) is 0 Å². The highest BCUT2D eigenvalue weighted by atomic mass is 28.4. The molecule has 0 bridgehead atoms. The highest BCUT2D eigenvalue weighted by Gasteiger charge is 2.41. The van der Waals surface area contributed by atoms with Crippen LogP contribution in [0, 0.1) is 0 Å². The molecule has 0 aliphatic rings. The van der Waals surface area contributed by atoms with Crippen molar-refractivity contribution in [3.63, 3.8) is 0 Å². The molecule has 0 aliphatic heterocycles.